The van der Waals surface area contributed by atoms with Crippen LogP contribution < -0.4 is 5.43 Å². The fraction of sp³-hybridized carbons (Fsp3) is 0. The Balaban J connectivity index is 3.34. The summed E-state index contributed by atoms with van der Waals surface area (Å²) in [7, 11) is 0. The van der Waals surface area contributed by atoms with Crippen molar-refractivity contribution in [3.05, 3.63) is 28.7 Å². The number of hydrogen-bond acceptors (Lipinski definition) is 2. The second-order valence-electron chi connectivity index (χ2n) is 1.53. The number of hydrogen-bond donors (Lipinski definition) is 1. The van der Waals surface area contributed by atoms with Crippen LogP contribution in [0.15, 0.2) is 23.3 Å². The van der Waals surface area contributed by atoms with Crippen molar-refractivity contribution in [2.75, 3.05) is 0 Å². The van der Waals surface area contributed by atoms with Crippen LogP contribution in [0.2, 0.25) is 0 Å². The molecule has 0 bridgehead atoms. The number of pyridine rings is 1. The van der Waals surface area contributed by atoms with E-state index in [0.29, 0.717) is 0 Å². The molecule has 1 N–H and O–H groups in total. The molecule has 49 valence electrons. The van der Waals surface area contributed by atoms with Crippen LogP contribution in [0.25, 0.3) is 0 Å². The zero-order chi connectivity index (χ0) is 6.85. The molecule has 0 fully saturated rings. The summed E-state index contributed by atoms with van der Waals surface area (Å²) in [6.07, 6.45) is 2.73. The van der Waals surface area contributed by atoms with Crippen molar-refractivity contribution in [2.24, 2.45) is 0 Å². The third-order valence-electron chi connectivity index (χ3n) is 0.860. The number of nitrogens with zero attached hydrogens (tertiary/aromatic N) is 1. The van der Waals surface area contributed by atoms with Gasteiger partial charge in [-0.1, -0.05) is 0 Å². The van der Waals surface area contributed by atoms with Gasteiger partial charge in [0, 0.05) is 0 Å². The van der Waals surface area contributed by atoms with Gasteiger partial charge < -0.3 is 0 Å². The Labute approximate surface area is 60.0 Å². The van der Waals surface area contributed by atoms with Gasteiger partial charge in [0.05, 0.1) is 0 Å². The minimum atomic E-state index is -0.380. The first-order chi connectivity index (χ1) is 4.20. The molecule has 1 rings (SSSR count). The second-order valence-corrected chi connectivity index (χ2v) is 2.10. The van der Waals surface area contributed by atoms with Crippen molar-refractivity contribution in [1.29, 1.82) is 0 Å². The van der Waals surface area contributed by atoms with Crippen molar-refractivity contribution in [3.63, 3.8) is 0 Å². The van der Waals surface area contributed by atoms with Crippen LogP contribution in [-0.4, -0.2) is 8.69 Å². The van der Waals surface area contributed by atoms with Gasteiger partial charge in [0.25, 0.3) is 0 Å². The van der Waals surface area contributed by atoms with E-state index in [1.54, 1.807) is 0 Å². The van der Waals surface area contributed by atoms with E-state index >= 15 is 0 Å². The van der Waals surface area contributed by atoms with E-state index in [1.807, 2.05) is 0 Å². The Kier molecular flexibility index (Phi) is 1.60. The third kappa shape index (κ3) is 1.34. The van der Waals surface area contributed by atoms with Crippen LogP contribution >= 0.6 is 0 Å². The number of aromatic nitrogens is 1. The van der Waals surface area contributed by atoms with Gasteiger partial charge in [-0.15, -0.1) is 0 Å². The summed E-state index contributed by atoms with van der Waals surface area (Å²) in [6, 6.07) is 1.25. The van der Waals surface area contributed by atoms with Crippen LogP contribution in [0, 0.1) is 0 Å². The first-order valence-electron chi connectivity index (χ1n) is 2.26. The molecule has 0 aliphatic heterocycles. The van der Waals surface area contributed by atoms with E-state index in [-0.39, 0.29) is 11.2 Å². The molecule has 1 heterocycles. The van der Waals surface area contributed by atoms with Crippen molar-refractivity contribution < 1.29 is 21.3 Å². The summed E-state index contributed by atoms with van der Waals surface area (Å²) < 4.78 is 1.36. The Morgan fingerprint density at radius 3 is 2.78 bits per heavy atom. The monoisotopic (exact) mass is 166 g/mol. The first-order valence-corrected chi connectivity index (χ1v) is 2.76. The van der Waals surface area contributed by atoms with Crippen LogP contribution in [0.3, 0.4) is 0 Å². The fourth-order valence-electron chi connectivity index (χ4n) is 0.443. The zero-order valence-electron chi connectivity index (χ0n) is 4.39. The van der Waals surface area contributed by atoms with Gasteiger partial charge in [0.15, 0.2) is 0 Å². The molecule has 4 heteroatoms. The standard InChI is InChI=1S/C5H5NO2.Fe/c7-4-1-2-6-3-5(4)8;/h1-3H,(H2,6,7,8);/q;+1/p-1. The molecule has 0 unspecified atom stereocenters. The molecule has 0 aromatic carbocycles. The SMILES string of the molecule is O=c1cc[n]([Fe])cc1O. The van der Waals surface area contributed by atoms with E-state index < -0.39 is 0 Å². The molecular weight excluding hydrogens is 162 g/mol. The second kappa shape index (κ2) is 2.25. The summed E-state index contributed by atoms with van der Waals surface area (Å²) >= 11 is 3.44. The summed E-state index contributed by atoms with van der Waals surface area (Å²) in [5.41, 5.74) is -0.380. The minimum absolute atomic E-state index is 0.271. The Bertz CT molecular complexity index is 268. The quantitative estimate of drug-likeness (QED) is 0.545. The van der Waals surface area contributed by atoms with E-state index in [4.69, 9.17) is 5.11 Å². The molecule has 1 aromatic rings. The van der Waals surface area contributed by atoms with E-state index in [1.165, 1.54) is 22.0 Å². The van der Waals surface area contributed by atoms with Crippen LogP contribution in [0.1, 0.15) is 0 Å². The summed E-state index contributed by atoms with van der Waals surface area (Å²) in [4.78, 5) is 10.5. The van der Waals surface area contributed by atoms with E-state index in [9.17, 15) is 4.79 Å². The number of aromatic hydroxyl groups is 1. The third-order valence-corrected chi connectivity index (χ3v) is 1.17. The van der Waals surface area contributed by atoms with E-state index in [2.05, 4.69) is 16.2 Å². The molecule has 0 amide bonds. The topological polar surface area (TPSA) is 42.2 Å². The molecule has 0 aliphatic carbocycles. The van der Waals surface area contributed by atoms with Gasteiger partial charge in [-0.25, -0.2) is 0 Å². The molecule has 3 nitrogen and oxygen atoms in total. The number of rotatable bonds is 0. The van der Waals surface area contributed by atoms with Crippen molar-refractivity contribution in [3.8, 4) is 5.75 Å². The molecule has 9 heavy (non-hydrogen) atoms. The molecule has 1 aromatic heterocycles. The van der Waals surface area contributed by atoms with Gasteiger partial charge in [-0.3, -0.25) is 0 Å². The van der Waals surface area contributed by atoms with Crippen LogP contribution in [0.5, 0.6) is 5.75 Å². The van der Waals surface area contributed by atoms with Crippen molar-refractivity contribution in [1.82, 2.24) is 3.58 Å². The van der Waals surface area contributed by atoms with Crippen molar-refractivity contribution >= 4 is 0 Å². The summed E-state index contributed by atoms with van der Waals surface area (Å²) in [5, 5.41) is 8.73. The van der Waals surface area contributed by atoms with Crippen molar-refractivity contribution in [2.45, 2.75) is 0 Å². The molecule has 0 saturated carbocycles. The molecule has 0 atom stereocenters. The predicted octanol–water partition coefficient (Wildman–Crippen LogP) is -0.136. The van der Waals surface area contributed by atoms with Gasteiger partial charge in [-0.05, 0) is 0 Å². The van der Waals surface area contributed by atoms with Gasteiger partial charge in [0.1, 0.15) is 0 Å². The van der Waals surface area contributed by atoms with E-state index in [0.717, 1.165) is 0 Å². The molecular formula is C5H4FeNO2. The van der Waals surface area contributed by atoms with Gasteiger partial charge in [-0.2, -0.15) is 0 Å². The summed E-state index contributed by atoms with van der Waals surface area (Å²) in [6.45, 7) is 0. The molecule has 0 saturated heterocycles. The Hall–Kier alpha value is -0.731. The normalized spacial score (nSPS) is 9.44. The Morgan fingerprint density at radius 2 is 2.33 bits per heavy atom. The maximum absolute atomic E-state index is 10.5. The molecule has 0 spiro atoms. The molecule has 0 aliphatic rings. The van der Waals surface area contributed by atoms with Gasteiger partial charge >= 0.3 is 59.4 Å². The van der Waals surface area contributed by atoms with Gasteiger partial charge in [0.2, 0.25) is 0 Å². The first kappa shape index (κ1) is 6.39. The summed E-state index contributed by atoms with van der Waals surface area (Å²) in [5.74, 6) is -0.271. The Morgan fingerprint density at radius 1 is 1.67 bits per heavy atom. The fourth-order valence-corrected chi connectivity index (χ4v) is 0.660. The average Bonchev–Trinajstić information content (AvgIpc) is 1.80. The predicted molar refractivity (Wildman–Crippen MR) is 27.8 cm³/mol. The van der Waals surface area contributed by atoms with Crippen LogP contribution in [-0.2, 0) is 16.2 Å². The zero-order valence-corrected chi connectivity index (χ0v) is 5.49. The maximum atomic E-state index is 10.5. The van der Waals surface area contributed by atoms with Crippen LogP contribution in [0.4, 0.5) is 0 Å². The molecule has 0 radical (unpaired) electrons. The average molecular weight is 166 g/mol.